The first kappa shape index (κ1) is 18.1. The molecule has 19 heavy (non-hydrogen) atoms. The van der Waals surface area contributed by atoms with E-state index < -0.39 is 23.6 Å². The molecule has 0 radical (unpaired) electrons. The quantitative estimate of drug-likeness (QED) is 0.570. The molecule has 2 atom stereocenters. The molecule has 0 amide bonds. The van der Waals surface area contributed by atoms with Gasteiger partial charge >= 0.3 is 5.97 Å². The summed E-state index contributed by atoms with van der Waals surface area (Å²) in [6.45, 7) is 15.0. The zero-order chi connectivity index (χ0) is 15.4. The van der Waals surface area contributed by atoms with E-state index in [0.29, 0.717) is 6.61 Å². The molecule has 0 aromatic heterocycles. The van der Waals surface area contributed by atoms with Crippen molar-refractivity contribution < 1.29 is 19.1 Å². The minimum atomic E-state index is -0.810. The normalized spacial score (nSPS) is 15.8. The number of carbonyl (C=O) groups excluding carboxylic acids is 2. The van der Waals surface area contributed by atoms with E-state index in [1.165, 1.54) is 0 Å². The maximum Gasteiger partial charge on any atom is 0.316 e. The Hall–Kier alpha value is -0.900. The summed E-state index contributed by atoms with van der Waals surface area (Å²) in [5, 5.41) is 0. The molecule has 2 unspecified atom stereocenters. The molecule has 0 fully saturated rings. The number of ether oxygens (including phenoxy) is 2. The highest BCUT2D eigenvalue weighted by molar-refractivity contribution is 6.01. The van der Waals surface area contributed by atoms with E-state index >= 15 is 0 Å². The van der Waals surface area contributed by atoms with Crippen LogP contribution in [0.4, 0.5) is 0 Å². The number of hydrogen-bond acceptors (Lipinski definition) is 4. The van der Waals surface area contributed by atoms with Crippen molar-refractivity contribution in [2.75, 3.05) is 6.61 Å². The predicted molar refractivity (Wildman–Crippen MR) is 74.9 cm³/mol. The average Bonchev–Trinajstić information content (AvgIpc) is 2.19. The highest BCUT2D eigenvalue weighted by atomic mass is 16.6. The first-order chi connectivity index (χ1) is 8.40. The van der Waals surface area contributed by atoms with E-state index in [1.807, 2.05) is 27.7 Å². The van der Waals surface area contributed by atoms with Crippen molar-refractivity contribution in [1.82, 2.24) is 0 Å². The third-order valence-electron chi connectivity index (χ3n) is 2.57. The lowest BCUT2D eigenvalue weighted by atomic mass is 9.82. The SMILES string of the molecule is CCOC(C(=O)C(C)C(=O)OC(C)(C)C)C(C)(C)C. The third-order valence-corrected chi connectivity index (χ3v) is 2.57. The number of esters is 1. The van der Waals surface area contributed by atoms with E-state index in [9.17, 15) is 9.59 Å². The molecule has 0 aromatic carbocycles. The van der Waals surface area contributed by atoms with Gasteiger partial charge in [0.1, 0.15) is 17.6 Å². The molecule has 4 nitrogen and oxygen atoms in total. The molecule has 4 heteroatoms. The van der Waals surface area contributed by atoms with Crippen LogP contribution in [0, 0.1) is 11.3 Å². The van der Waals surface area contributed by atoms with Crippen LogP contribution in [0.2, 0.25) is 0 Å². The number of Topliss-reactive ketones (excluding diaryl/α,β-unsaturated/α-hetero) is 1. The van der Waals surface area contributed by atoms with E-state index in [4.69, 9.17) is 9.47 Å². The average molecular weight is 272 g/mol. The Morgan fingerprint density at radius 1 is 1.05 bits per heavy atom. The fourth-order valence-electron chi connectivity index (χ4n) is 1.66. The van der Waals surface area contributed by atoms with Crippen molar-refractivity contribution >= 4 is 11.8 Å². The summed E-state index contributed by atoms with van der Waals surface area (Å²) in [5.74, 6) is -1.52. The van der Waals surface area contributed by atoms with Gasteiger partial charge in [0.05, 0.1) is 0 Å². The van der Waals surface area contributed by atoms with Crippen LogP contribution in [-0.4, -0.2) is 30.1 Å². The van der Waals surface area contributed by atoms with Crippen LogP contribution in [0.3, 0.4) is 0 Å². The number of hydrogen-bond donors (Lipinski definition) is 0. The molecule has 0 spiro atoms. The minimum absolute atomic E-state index is 0.219. The Bertz CT molecular complexity index is 320. The van der Waals surface area contributed by atoms with E-state index in [2.05, 4.69) is 0 Å². The number of carbonyl (C=O) groups is 2. The highest BCUT2D eigenvalue weighted by Gasteiger charge is 2.38. The molecular weight excluding hydrogens is 244 g/mol. The molecule has 0 saturated heterocycles. The fourth-order valence-corrected chi connectivity index (χ4v) is 1.66. The summed E-state index contributed by atoms with van der Waals surface area (Å²) in [5.41, 5.74) is -0.933. The van der Waals surface area contributed by atoms with Gasteiger partial charge < -0.3 is 9.47 Å². The lowest BCUT2D eigenvalue weighted by molar-refractivity contribution is -0.165. The summed E-state index contributed by atoms with van der Waals surface area (Å²) in [4.78, 5) is 24.3. The molecule has 112 valence electrons. The Kier molecular flexibility index (Phi) is 6.20. The van der Waals surface area contributed by atoms with Gasteiger partial charge in [-0.1, -0.05) is 20.8 Å². The van der Waals surface area contributed by atoms with Crippen LogP contribution >= 0.6 is 0 Å². The van der Waals surface area contributed by atoms with Crippen molar-refractivity contribution in [3.8, 4) is 0 Å². The van der Waals surface area contributed by atoms with E-state index in [0.717, 1.165) is 0 Å². The molecule has 0 aromatic rings. The Morgan fingerprint density at radius 2 is 1.53 bits per heavy atom. The zero-order valence-corrected chi connectivity index (χ0v) is 13.5. The van der Waals surface area contributed by atoms with Gasteiger partial charge in [0.25, 0.3) is 0 Å². The van der Waals surface area contributed by atoms with Crippen molar-refractivity contribution in [3.63, 3.8) is 0 Å². The van der Waals surface area contributed by atoms with Gasteiger partial charge in [-0.05, 0) is 40.0 Å². The molecule has 0 aliphatic carbocycles. The standard InChI is InChI=1S/C15H28O4/c1-9-18-12(14(3,4)5)11(16)10(2)13(17)19-15(6,7)8/h10,12H,9H2,1-8H3. The van der Waals surface area contributed by atoms with Gasteiger partial charge in [-0.2, -0.15) is 0 Å². The highest BCUT2D eigenvalue weighted by Crippen LogP contribution is 2.26. The number of rotatable bonds is 5. The molecule has 0 heterocycles. The monoisotopic (exact) mass is 272 g/mol. The largest absolute Gasteiger partial charge is 0.459 e. The van der Waals surface area contributed by atoms with E-state index in [-0.39, 0.29) is 11.2 Å². The molecule has 0 saturated carbocycles. The van der Waals surface area contributed by atoms with Gasteiger partial charge in [-0.15, -0.1) is 0 Å². The van der Waals surface area contributed by atoms with Crippen LogP contribution in [0.1, 0.15) is 55.4 Å². The smallest absolute Gasteiger partial charge is 0.316 e. The van der Waals surface area contributed by atoms with Crippen molar-refractivity contribution in [1.29, 1.82) is 0 Å². The van der Waals surface area contributed by atoms with Crippen LogP contribution in [0.25, 0.3) is 0 Å². The Morgan fingerprint density at radius 3 is 1.84 bits per heavy atom. The Labute approximate surface area is 116 Å². The van der Waals surface area contributed by atoms with Crippen LogP contribution < -0.4 is 0 Å². The summed E-state index contributed by atoms with van der Waals surface area (Å²) >= 11 is 0. The second kappa shape index (κ2) is 6.51. The molecule has 0 rings (SSSR count). The number of ketones is 1. The maximum absolute atomic E-state index is 12.4. The van der Waals surface area contributed by atoms with Gasteiger partial charge in [0, 0.05) is 6.61 Å². The first-order valence-electron chi connectivity index (χ1n) is 6.78. The molecule has 0 aliphatic heterocycles. The van der Waals surface area contributed by atoms with Gasteiger partial charge in [-0.25, -0.2) is 0 Å². The van der Waals surface area contributed by atoms with Gasteiger partial charge in [0.2, 0.25) is 0 Å². The fraction of sp³-hybridized carbons (Fsp3) is 0.867. The Balaban J connectivity index is 4.91. The summed E-state index contributed by atoms with van der Waals surface area (Å²) in [6.07, 6.45) is -0.597. The van der Waals surface area contributed by atoms with E-state index in [1.54, 1.807) is 27.7 Å². The van der Waals surface area contributed by atoms with Crippen molar-refractivity contribution in [3.05, 3.63) is 0 Å². The lowest BCUT2D eigenvalue weighted by Crippen LogP contribution is -2.43. The minimum Gasteiger partial charge on any atom is -0.459 e. The maximum atomic E-state index is 12.4. The second-order valence-electron chi connectivity index (χ2n) is 6.86. The summed E-state index contributed by atoms with van der Waals surface area (Å²) in [6, 6.07) is 0. The van der Waals surface area contributed by atoms with Crippen LogP contribution in [-0.2, 0) is 19.1 Å². The third kappa shape index (κ3) is 6.19. The first-order valence-corrected chi connectivity index (χ1v) is 6.78. The summed E-state index contributed by atoms with van der Waals surface area (Å²) in [7, 11) is 0. The van der Waals surface area contributed by atoms with Crippen molar-refractivity contribution in [2.45, 2.75) is 67.1 Å². The van der Waals surface area contributed by atoms with Gasteiger partial charge in [-0.3, -0.25) is 9.59 Å². The van der Waals surface area contributed by atoms with Crippen LogP contribution in [0.5, 0.6) is 0 Å². The molecule has 0 N–H and O–H groups in total. The molecule has 0 aliphatic rings. The zero-order valence-electron chi connectivity index (χ0n) is 13.5. The molecular formula is C15H28O4. The lowest BCUT2D eigenvalue weighted by Gasteiger charge is -2.31. The summed E-state index contributed by atoms with van der Waals surface area (Å²) < 4.78 is 10.8. The topological polar surface area (TPSA) is 52.6 Å². The van der Waals surface area contributed by atoms with Crippen LogP contribution in [0.15, 0.2) is 0 Å². The predicted octanol–water partition coefficient (Wildman–Crippen LogP) is 2.98. The second-order valence-corrected chi connectivity index (χ2v) is 6.86. The molecule has 0 bridgehead atoms. The van der Waals surface area contributed by atoms with Gasteiger partial charge in [0.15, 0.2) is 5.78 Å². The van der Waals surface area contributed by atoms with Crippen molar-refractivity contribution in [2.24, 2.45) is 11.3 Å².